The van der Waals surface area contributed by atoms with Crippen LogP contribution in [0.4, 0.5) is 5.69 Å². The van der Waals surface area contributed by atoms with Crippen LogP contribution in [0.5, 0.6) is 0 Å². The number of anilines is 1. The van der Waals surface area contributed by atoms with E-state index in [1.54, 1.807) is 0 Å². The van der Waals surface area contributed by atoms with Gasteiger partial charge in [-0.05, 0) is 43.6 Å². The van der Waals surface area contributed by atoms with Crippen LogP contribution in [0.1, 0.15) is 25.3 Å². The van der Waals surface area contributed by atoms with Gasteiger partial charge in [0.1, 0.15) is 0 Å². The number of hydrogen-bond donors (Lipinski definition) is 2. The molecule has 0 bridgehead atoms. The number of halogens is 3. The first-order valence-electron chi connectivity index (χ1n) is 8.73. The number of piperazine rings is 1. The first-order chi connectivity index (χ1) is 11.2. The lowest BCUT2D eigenvalue weighted by molar-refractivity contribution is -0.120. The third kappa shape index (κ3) is 10.4. The SMILES string of the molecule is CCN1CCN(CCCCNC(=O)Cc2ccc(N)cc2)CC1.Cl.Cl.Cl. The van der Waals surface area contributed by atoms with Gasteiger partial charge in [-0.2, -0.15) is 0 Å². The van der Waals surface area contributed by atoms with Crippen molar-refractivity contribution in [3.05, 3.63) is 29.8 Å². The summed E-state index contributed by atoms with van der Waals surface area (Å²) < 4.78 is 0. The minimum atomic E-state index is 0. The average Bonchev–Trinajstić information content (AvgIpc) is 2.57. The van der Waals surface area contributed by atoms with Crippen molar-refractivity contribution in [2.75, 3.05) is 51.5 Å². The largest absolute Gasteiger partial charge is 0.399 e. The Morgan fingerprint density at radius 2 is 1.58 bits per heavy atom. The van der Waals surface area contributed by atoms with E-state index in [0.29, 0.717) is 6.42 Å². The Hall–Kier alpha value is -0.720. The lowest BCUT2D eigenvalue weighted by Crippen LogP contribution is -2.46. The van der Waals surface area contributed by atoms with Crippen LogP contribution in [0.3, 0.4) is 0 Å². The quantitative estimate of drug-likeness (QED) is 0.494. The van der Waals surface area contributed by atoms with E-state index in [-0.39, 0.29) is 43.1 Å². The van der Waals surface area contributed by atoms with E-state index in [9.17, 15) is 4.79 Å². The Bertz CT molecular complexity index is 480. The van der Waals surface area contributed by atoms with Crippen LogP contribution < -0.4 is 11.1 Å². The molecule has 0 aliphatic carbocycles. The monoisotopic (exact) mass is 426 g/mol. The van der Waals surface area contributed by atoms with E-state index < -0.39 is 0 Å². The highest BCUT2D eigenvalue weighted by Gasteiger charge is 2.14. The Kier molecular flexibility index (Phi) is 16.2. The summed E-state index contributed by atoms with van der Waals surface area (Å²) >= 11 is 0. The predicted molar refractivity (Wildman–Crippen MR) is 117 cm³/mol. The molecule has 152 valence electrons. The zero-order chi connectivity index (χ0) is 16.5. The summed E-state index contributed by atoms with van der Waals surface area (Å²) in [5.41, 5.74) is 7.38. The van der Waals surface area contributed by atoms with Gasteiger partial charge in [0.15, 0.2) is 0 Å². The van der Waals surface area contributed by atoms with Crippen LogP contribution in [0.25, 0.3) is 0 Å². The normalized spacial score (nSPS) is 14.5. The van der Waals surface area contributed by atoms with Gasteiger partial charge in [-0.3, -0.25) is 4.79 Å². The molecule has 3 N–H and O–H groups in total. The first-order valence-corrected chi connectivity index (χ1v) is 8.73. The standard InChI is InChI=1S/C18H30N4O.3ClH/c1-2-21-11-13-22(14-12-21)10-4-3-9-20-18(23)15-16-5-7-17(19)8-6-16;;;/h5-8H,2-4,9-15,19H2,1H3,(H,20,23);3*1H. The molecule has 1 saturated heterocycles. The number of nitrogens with two attached hydrogens (primary N) is 1. The van der Waals surface area contributed by atoms with E-state index >= 15 is 0 Å². The minimum Gasteiger partial charge on any atom is -0.399 e. The van der Waals surface area contributed by atoms with Crippen molar-refractivity contribution in [1.29, 1.82) is 0 Å². The van der Waals surface area contributed by atoms with Gasteiger partial charge in [-0.1, -0.05) is 19.1 Å². The molecule has 1 fully saturated rings. The van der Waals surface area contributed by atoms with Crippen molar-refractivity contribution >= 4 is 48.8 Å². The molecule has 8 heteroatoms. The summed E-state index contributed by atoms with van der Waals surface area (Å²) in [6.07, 6.45) is 2.62. The number of nitrogens with one attached hydrogen (secondary N) is 1. The molecule has 1 amide bonds. The Morgan fingerprint density at radius 3 is 2.15 bits per heavy atom. The van der Waals surface area contributed by atoms with E-state index in [0.717, 1.165) is 43.7 Å². The maximum absolute atomic E-state index is 11.9. The molecular formula is C18H33Cl3N4O. The molecule has 0 radical (unpaired) electrons. The third-order valence-electron chi connectivity index (χ3n) is 4.48. The summed E-state index contributed by atoms with van der Waals surface area (Å²) in [7, 11) is 0. The van der Waals surface area contributed by atoms with Crippen LogP contribution in [0.2, 0.25) is 0 Å². The van der Waals surface area contributed by atoms with Crippen LogP contribution >= 0.6 is 37.2 Å². The summed E-state index contributed by atoms with van der Waals surface area (Å²) in [5.74, 6) is 0.0892. The third-order valence-corrected chi connectivity index (χ3v) is 4.48. The Morgan fingerprint density at radius 1 is 1.00 bits per heavy atom. The van der Waals surface area contributed by atoms with Crippen molar-refractivity contribution in [1.82, 2.24) is 15.1 Å². The molecule has 1 aliphatic rings. The number of carbonyl (C=O) groups is 1. The molecule has 26 heavy (non-hydrogen) atoms. The van der Waals surface area contributed by atoms with Gasteiger partial charge < -0.3 is 20.9 Å². The van der Waals surface area contributed by atoms with Crippen molar-refractivity contribution in [3.8, 4) is 0 Å². The van der Waals surface area contributed by atoms with Crippen molar-refractivity contribution in [2.45, 2.75) is 26.2 Å². The molecule has 0 spiro atoms. The molecule has 0 saturated carbocycles. The molecule has 5 nitrogen and oxygen atoms in total. The van der Waals surface area contributed by atoms with E-state index in [1.807, 2.05) is 24.3 Å². The van der Waals surface area contributed by atoms with Crippen LogP contribution in [0, 0.1) is 0 Å². The number of nitrogen functional groups attached to an aromatic ring is 1. The number of unbranched alkanes of at least 4 members (excludes halogenated alkanes) is 1. The molecular weight excluding hydrogens is 395 g/mol. The zero-order valence-electron chi connectivity index (χ0n) is 15.5. The molecule has 2 rings (SSSR count). The second-order valence-corrected chi connectivity index (χ2v) is 6.25. The highest BCUT2D eigenvalue weighted by atomic mass is 35.5. The molecule has 0 aromatic heterocycles. The Labute approximate surface area is 176 Å². The lowest BCUT2D eigenvalue weighted by Gasteiger charge is -2.33. The molecule has 1 heterocycles. The highest BCUT2D eigenvalue weighted by molar-refractivity contribution is 5.86. The number of benzene rings is 1. The zero-order valence-corrected chi connectivity index (χ0v) is 17.9. The Balaban J connectivity index is 0. The smallest absolute Gasteiger partial charge is 0.224 e. The lowest BCUT2D eigenvalue weighted by atomic mass is 10.1. The summed E-state index contributed by atoms with van der Waals surface area (Å²) in [6, 6.07) is 7.48. The van der Waals surface area contributed by atoms with Crippen LogP contribution in [-0.4, -0.2) is 61.5 Å². The van der Waals surface area contributed by atoms with Crippen molar-refractivity contribution in [2.24, 2.45) is 0 Å². The number of carbonyl (C=O) groups excluding carboxylic acids is 1. The second-order valence-electron chi connectivity index (χ2n) is 6.25. The summed E-state index contributed by atoms with van der Waals surface area (Å²) in [6.45, 7) is 10.0. The number of nitrogens with zero attached hydrogens (tertiary/aromatic N) is 2. The average molecular weight is 428 g/mol. The van der Waals surface area contributed by atoms with Crippen LogP contribution in [0.15, 0.2) is 24.3 Å². The fraction of sp³-hybridized carbons (Fsp3) is 0.611. The fourth-order valence-electron chi connectivity index (χ4n) is 2.90. The number of amides is 1. The number of likely N-dealkylation sites (N-methyl/N-ethyl adjacent to an activating group) is 1. The number of hydrogen-bond acceptors (Lipinski definition) is 4. The van der Waals surface area contributed by atoms with Gasteiger partial charge in [0.2, 0.25) is 5.91 Å². The molecule has 0 atom stereocenters. The first kappa shape index (κ1) is 27.5. The molecule has 1 aliphatic heterocycles. The maximum Gasteiger partial charge on any atom is 0.224 e. The van der Waals surface area contributed by atoms with E-state index in [4.69, 9.17) is 5.73 Å². The van der Waals surface area contributed by atoms with Crippen molar-refractivity contribution < 1.29 is 4.79 Å². The van der Waals surface area contributed by atoms with Gasteiger partial charge in [0.05, 0.1) is 6.42 Å². The minimum absolute atomic E-state index is 0. The van der Waals surface area contributed by atoms with Crippen LogP contribution in [-0.2, 0) is 11.2 Å². The second kappa shape index (κ2) is 15.3. The highest BCUT2D eigenvalue weighted by Crippen LogP contribution is 2.06. The fourth-order valence-corrected chi connectivity index (χ4v) is 2.90. The van der Waals surface area contributed by atoms with Crippen molar-refractivity contribution in [3.63, 3.8) is 0 Å². The predicted octanol–water partition coefficient (Wildman–Crippen LogP) is 2.61. The molecule has 0 unspecified atom stereocenters. The topological polar surface area (TPSA) is 61.6 Å². The maximum atomic E-state index is 11.9. The van der Waals surface area contributed by atoms with E-state index in [1.165, 1.54) is 26.2 Å². The van der Waals surface area contributed by atoms with E-state index in [2.05, 4.69) is 22.0 Å². The van der Waals surface area contributed by atoms with Gasteiger partial charge in [-0.15, -0.1) is 37.2 Å². The van der Waals surface area contributed by atoms with Gasteiger partial charge in [0, 0.05) is 38.4 Å². The number of rotatable bonds is 8. The summed E-state index contributed by atoms with van der Waals surface area (Å²) in [4.78, 5) is 16.9. The van der Waals surface area contributed by atoms with Gasteiger partial charge >= 0.3 is 0 Å². The van der Waals surface area contributed by atoms with Gasteiger partial charge in [-0.25, -0.2) is 0 Å². The summed E-state index contributed by atoms with van der Waals surface area (Å²) in [5, 5.41) is 3.00. The molecule has 1 aromatic rings. The van der Waals surface area contributed by atoms with Gasteiger partial charge in [0.25, 0.3) is 0 Å². The molecule has 1 aromatic carbocycles.